The van der Waals surface area contributed by atoms with Crippen molar-refractivity contribution in [2.75, 3.05) is 6.61 Å². The molecule has 0 unspecified atom stereocenters. The maximum atomic E-state index is 12.3. The molecule has 0 amide bonds. The highest BCUT2D eigenvalue weighted by Gasteiger charge is 2.33. The fourth-order valence-electron chi connectivity index (χ4n) is 1.10. The van der Waals surface area contributed by atoms with Crippen LogP contribution in [0.4, 0.5) is 13.2 Å². The Kier molecular flexibility index (Phi) is 3.59. The molecular formula is C9H9ClF3NO. The quantitative estimate of drug-likeness (QED) is 0.832. The molecule has 6 heteroatoms. The van der Waals surface area contributed by atoms with Gasteiger partial charge in [0.2, 0.25) is 0 Å². The first-order chi connectivity index (χ1) is 6.86. The largest absolute Gasteiger partial charge is 0.417 e. The maximum absolute atomic E-state index is 12.3. The molecular weight excluding hydrogens is 231 g/mol. The first kappa shape index (κ1) is 12.3. The number of halogens is 4. The molecule has 0 saturated carbocycles. The third-order valence-corrected chi connectivity index (χ3v) is 2.24. The summed E-state index contributed by atoms with van der Waals surface area (Å²) in [4.78, 5) is 0. The van der Waals surface area contributed by atoms with Crippen LogP contribution in [-0.2, 0) is 6.18 Å². The van der Waals surface area contributed by atoms with Crippen LogP contribution in [0.15, 0.2) is 18.2 Å². The summed E-state index contributed by atoms with van der Waals surface area (Å²) in [7, 11) is 0. The molecule has 0 radical (unpaired) electrons. The summed E-state index contributed by atoms with van der Waals surface area (Å²) in [6.45, 7) is -0.346. The lowest BCUT2D eigenvalue weighted by molar-refractivity contribution is -0.137. The fourth-order valence-corrected chi connectivity index (χ4v) is 1.39. The van der Waals surface area contributed by atoms with Gasteiger partial charge in [-0.15, -0.1) is 0 Å². The summed E-state index contributed by atoms with van der Waals surface area (Å²) in [5, 5.41) is 8.30. The molecule has 0 fully saturated rings. The Balaban J connectivity index is 3.09. The minimum Gasteiger partial charge on any atom is -0.394 e. The van der Waals surface area contributed by atoms with Crippen LogP contribution in [0.2, 0.25) is 5.02 Å². The highest BCUT2D eigenvalue weighted by atomic mass is 35.5. The van der Waals surface area contributed by atoms with Gasteiger partial charge < -0.3 is 10.8 Å². The van der Waals surface area contributed by atoms with Crippen molar-refractivity contribution in [1.29, 1.82) is 0 Å². The van der Waals surface area contributed by atoms with Crippen LogP contribution < -0.4 is 5.73 Å². The Morgan fingerprint density at radius 1 is 1.40 bits per heavy atom. The lowest BCUT2D eigenvalue weighted by atomic mass is 10.1. The maximum Gasteiger partial charge on any atom is 0.417 e. The molecule has 84 valence electrons. The normalized spacial score (nSPS) is 14.0. The molecule has 1 aromatic rings. The zero-order valence-corrected chi connectivity index (χ0v) is 8.31. The van der Waals surface area contributed by atoms with E-state index < -0.39 is 22.8 Å². The van der Waals surface area contributed by atoms with Gasteiger partial charge in [0.1, 0.15) is 0 Å². The van der Waals surface area contributed by atoms with Gasteiger partial charge in [-0.2, -0.15) is 13.2 Å². The van der Waals surface area contributed by atoms with Crippen LogP contribution in [0, 0.1) is 0 Å². The zero-order chi connectivity index (χ0) is 11.6. The summed E-state index contributed by atoms with van der Waals surface area (Å²) in [5.41, 5.74) is 4.90. The second-order valence-corrected chi connectivity index (χ2v) is 3.43. The van der Waals surface area contributed by atoms with Crippen LogP contribution in [0.5, 0.6) is 0 Å². The molecule has 1 rings (SSSR count). The van der Waals surface area contributed by atoms with Crippen molar-refractivity contribution in [3.05, 3.63) is 34.3 Å². The van der Waals surface area contributed by atoms with E-state index >= 15 is 0 Å². The predicted octanol–water partition coefficient (Wildman–Crippen LogP) is 2.35. The molecule has 1 aromatic carbocycles. The summed E-state index contributed by atoms with van der Waals surface area (Å²) in [6, 6.07) is 2.46. The van der Waals surface area contributed by atoms with Crippen molar-refractivity contribution in [2.24, 2.45) is 5.73 Å². The van der Waals surface area contributed by atoms with E-state index in [0.29, 0.717) is 5.56 Å². The van der Waals surface area contributed by atoms with Crippen molar-refractivity contribution >= 4 is 11.6 Å². The van der Waals surface area contributed by atoms with Crippen molar-refractivity contribution in [1.82, 2.24) is 0 Å². The van der Waals surface area contributed by atoms with E-state index in [1.54, 1.807) is 0 Å². The van der Waals surface area contributed by atoms with E-state index in [-0.39, 0.29) is 6.61 Å². The van der Waals surface area contributed by atoms with Gasteiger partial charge in [-0.05, 0) is 17.7 Å². The average Bonchev–Trinajstić information content (AvgIpc) is 2.14. The minimum atomic E-state index is -4.47. The van der Waals surface area contributed by atoms with Crippen molar-refractivity contribution < 1.29 is 18.3 Å². The highest BCUT2D eigenvalue weighted by molar-refractivity contribution is 6.31. The van der Waals surface area contributed by atoms with Crippen LogP contribution in [0.1, 0.15) is 17.2 Å². The van der Waals surface area contributed by atoms with Crippen LogP contribution in [0.25, 0.3) is 0 Å². The number of nitrogens with two attached hydrogens (primary N) is 1. The number of hydrogen-bond donors (Lipinski definition) is 2. The van der Waals surface area contributed by atoms with Gasteiger partial charge in [-0.25, -0.2) is 0 Å². The lowest BCUT2D eigenvalue weighted by Gasteiger charge is -2.13. The van der Waals surface area contributed by atoms with Gasteiger partial charge in [-0.3, -0.25) is 0 Å². The van der Waals surface area contributed by atoms with E-state index in [9.17, 15) is 13.2 Å². The number of benzene rings is 1. The van der Waals surface area contributed by atoms with E-state index in [4.69, 9.17) is 22.4 Å². The standard InChI is InChI=1S/C9H9ClF3NO/c10-7-3-5(8(14)4-15)1-2-6(7)9(11,12)13/h1-3,8,15H,4,14H2/t8-/m0/s1. The number of hydrogen-bond acceptors (Lipinski definition) is 2. The molecule has 15 heavy (non-hydrogen) atoms. The Labute approximate surface area is 89.5 Å². The van der Waals surface area contributed by atoms with Gasteiger partial charge in [0, 0.05) is 0 Å². The Hall–Kier alpha value is -0.780. The smallest absolute Gasteiger partial charge is 0.394 e. The molecule has 0 heterocycles. The van der Waals surface area contributed by atoms with Crippen molar-refractivity contribution in [2.45, 2.75) is 12.2 Å². The van der Waals surface area contributed by atoms with Gasteiger partial charge in [0.05, 0.1) is 23.2 Å². The summed E-state index contributed by atoms with van der Waals surface area (Å²) >= 11 is 5.46. The van der Waals surface area contributed by atoms with Gasteiger partial charge in [-0.1, -0.05) is 17.7 Å². The number of rotatable bonds is 2. The zero-order valence-electron chi connectivity index (χ0n) is 7.55. The molecule has 0 saturated heterocycles. The Bertz CT molecular complexity index is 354. The summed E-state index contributed by atoms with van der Waals surface area (Å²) in [5.74, 6) is 0. The van der Waals surface area contributed by atoms with Gasteiger partial charge in [0.15, 0.2) is 0 Å². The van der Waals surface area contributed by atoms with Crippen LogP contribution in [-0.4, -0.2) is 11.7 Å². The molecule has 0 aliphatic carbocycles. The lowest BCUT2D eigenvalue weighted by Crippen LogP contribution is -2.15. The monoisotopic (exact) mass is 239 g/mol. The number of aliphatic hydroxyl groups is 1. The van der Waals surface area contributed by atoms with Gasteiger partial charge >= 0.3 is 6.18 Å². The van der Waals surface area contributed by atoms with E-state index in [0.717, 1.165) is 12.1 Å². The van der Waals surface area contributed by atoms with Crippen molar-refractivity contribution in [3.63, 3.8) is 0 Å². The SMILES string of the molecule is N[C@@H](CO)c1ccc(C(F)(F)F)c(Cl)c1. The number of aliphatic hydroxyl groups excluding tert-OH is 1. The summed E-state index contributed by atoms with van der Waals surface area (Å²) < 4.78 is 36.9. The molecule has 0 aliphatic heterocycles. The topological polar surface area (TPSA) is 46.2 Å². The second-order valence-electron chi connectivity index (χ2n) is 3.03. The Morgan fingerprint density at radius 2 is 2.00 bits per heavy atom. The van der Waals surface area contributed by atoms with E-state index in [2.05, 4.69) is 0 Å². The fraction of sp³-hybridized carbons (Fsp3) is 0.333. The molecule has 0 bridgehead atoms. The number of alkyl halides is 3. The first-order valence-corrected chi connectivity index (χ1v) is 4.47. The van der Waals surface area contributed by atoms with Crippen molar-refractivity contribution in [3.8, 4) is 0 Å². The molecule has 3 N–H and O–H groups in total. The minimum absolute atomic E-state index is 0.346. The van der Waals surface area contributed by atoms with Crippen LogP contribution >= 0.6 is 11.6 Å². The predicted molar refractivity (Wildman–Crippen MR) is 50.5 cm³/mol. The summed E-state index contributed by atoms with van der Waals surface area (Å²) in [6.07, 6.45) is -4.47. The highest BCUT2D eigenvalue weighted by Crippen LogP contribution is 2.35. The average molecular weight is 240 g/mol. The van der Waals surface area contributed by atoms with Crippen LogP contribution in [0.3, 0.4) is 0 Å². The second kappa shape index (κ2) is 4.38. The third kappa shape index (κ3) is 2.84. The molecule has 0 aromatic heterocycles. The molecule has 1 atom stereocenters. The molecule has 0 spiro atoms. The van der Waals surface area contributed by atoms with Gasteiger partial charge in [0.25, 0.3) is 0 Å². The van der Waals surface area contributed by atoms with E-state index in [1.807, 2.05) is 0 Å². The molecule has 2 nitrogen and oxygen atoms in total. The Morgan fingerprint density at radius 3 is 2.40 bits per heavy atom. The third-order valence-electron chi connectivity index (χ3n) is 1.92. The molecule has 0 aliphatic rings. The van der Waals surface area contributed by atoms with E-state index in [1.165, 1.54) is 6.07 Å². The first-order valence-electron chi connectivity index (χ1n) is 4.09.